The van der Waals surface area contributed by atoms with E-state index in [1.165, 1.54) is 0 Å². The Bertz CT molecular complexity index is 383. The number of carbonyl (C=O) groups excluding carboxylic acids is 1. The van der Waals surface area contributed by atoms with E-state index in [1.807, 2.05) is 0 Å². The summed E-state index contributed by atoms with van der Waals surface area (Å²) in [6.07, 6.45) is -0.325. The van der Waals surface area contributed by atoms with Gasteiger partial charge in [0.05, 0.1) is 18.6 Å². The molecule has 0 aromatic heterocycles. The lowest BCUT2D eigenvalue weighted by Crippen LogP contribution is -2.50. The summed E-state index contributed by atoms with van der Waals surface area (Å²) in [6, 6.07) is -0.840. The van der Waals surface area contributed by atoms with Gasteiger partial charge in [-0.2, -0.15) is 13.2 Å². The highest BCUT2D eigenvalue weighted by Crippen LogP contribution is 2.37. The number of rotatable bonds is 5. The standard InChI is InChI=1S/C16H26F3NO3/c1-11(23-10-12-6-4-5-9-22-12)15(21)20-14-8-3-2-7-13(14)16(17,18)19/h11-14H,2-10H2,1H3,(H,20,21)/t11-,12-,13+,14-/m0/s1. The van der Waals surface area contributed by atoms with Gasteiger partial charge in [-0.05, 0) is 39.0 Å². The monoisotopic (exact) mass is 337 g/mol. The number of alkyl halides is 3. The number of ether oxygens (including phenoxy) is 2. The first-order valence-electron chi connectivity index (χ1n) is 8.48. The molecule has 0 unspecified atom stereocenters. The zero-order valence-electron chi connectivity index (χ0n) is 13.5. The van der Waals surface area contributed by atoms with Crippen LogP contribution >= 0.6 is 0 Å². The second kappa shape index (κ2) is 8.33. The minimum absolute atomic E-state index is 0.0170. The first-order valence-corrected chi connectivity index (χ1v) is 8.48. The van der Waals surface area contributed by atoms with E-state index in [0.717, 1.165) is 19.3 Å². The molecule has 1 amide bonds. The summed E-state index contributed by atoms with van der Waals surface area (Å²) in [7, 11) is 0. The van der Waals surface area contributed by atoms with E-state index in [4.69, 9.17) is 9.47 Å². The average molecular weight is 337 g/mol. The average Bonchev–Trinajstić information content (AvgIpc) is 2.53. The molecule has 1 saturated heterocycles. The summed E-state index contributed by atoms with van der Waals surface area (Å²) in [5.74, 6) is -1.92. The van der Waals surface area contributed by atoms with Crippen LogP contribution < -0.4 is 5.32 Å². The lowest BCUT2D eigenvalue weighted by Gasteiger charge is -2.34. The highest BCUT2D eigenvalue weighted by atomic mass is 19.4. The van der Waals surface area contributed by atoms with E-state index in [-0.39, 0.29) is 12.5 Å². The minimum Gasteiger partial charge on any atom is -0.376 e. The van der Waals surface area contributed by atoms with Crippen LogP contribution in [-0.2, 0) is 14.3 Å². The number of halogens is 3. The molecule has 0 spiro atoms. The molecule has 4 nitrogen and oxygen atoms in total. The summed E-state index contributed by atoms with van der Waals surface area (Å²) in [6.45, 7) is 2.58. The van der Waals surface area contributed by atoms with Gasteiger partial charge in [-0.15, -0.1) is 0 Å². The van der Waals surface area contributed by atoms with Gasteiger partial charge >= 0.3 is 6.18 Å². The van der Waals surface area contributed by atoms with E-state index in [2.05, 4.69) is 5.32 Å². The van der Waals surface area contributed by atoms with Gasteiger partial charge in [-0.25, -0.2) is 0 Å². The summed E-state index contributed by atoms with van der Waals surface area (Å²) < 4.78 is 50.1. The summed E-state index contributed by atoms with van der Waals surface area (Å²) in [5, 5.41) is 2.54. The van der Waals surface area contributed by atoms with E-state index in [1.54, 1.807) is 6.92 Å². The smallest absolute Gasteiger partial charge is 0.376 e. The molecule has 0 radical (unpaired) electrons. The Kier molecular flexibility index (Phi) is 6.71. The lowest BCUT2D eigenvalue weighted by molar-refractivity contribution is -0.189. The van der Waals surface area contributed by atoms with Gasteiger partial charge in [-0.3, -0.25) is 4.79 Å². The van der Waals surface area contributed by atoms with Crippen LogP contribution in [0.15, 0.2) is 0 Å². The minimum atomic E-state index is -4.27. The van der Waals surface area contributed by atoms with Crippen molar-refractivity contribution in [1.29, 1.82) is 0 Å². The summed E-state index contributed by atoms with van der Waals surface area (Å²) in [5.41, 5.74) is 0. The Morgan fingerprint density at radius 1 is 1.22 bits per heavy atom. The maximum atomic E-state index is 13.0. The van der Waals surface area contributed by atoms with Gasteiger partial charge in [0.25, 0.3) is 0 Å². The number of nitrogens with one attached hydrogen (secondary N) is 1. The fraction of sp³-hybridized carbons (Fsp3) is 0.938. The third-order valence-electron chi connectivity index (χ3n) is 4.69. The van der Waals surface area contributed by atoms with Crippen molar-refractivity contribution in [2.75, 3.05) is 13.2 Å². The van der Waals surface area contributed by atoms with Crippen LogP contribution in [0.1, 0.15) is 51.9 Å². The van der Waals surface area contributed by atoms with Crippen LogP contribution in [0.25, 0.3) is 0 Å². The summed E-state index contributed by atoms with van der Waals surface area (Å²) >= 11 is 0. The maximum absolute atomic E-state index is 13.0. The maximum Gasteiger partial charge on any atom is 0.393 e. The molecule has 2 aliphatic rings. The second-order valence-corrected chi connectivity index (χ2v) is 6.51. The number of hydrogen-bond donors (Lipinski definition) is 1. The molecule has 0 aromatic rings. The Balaban J connectivity index is 1.79. The van der Waals surface area contributed by atoms with Crippen molar-refractivity contribution in [1.82, 2.24) is 5.32 Å². The van der Waals surface area contributed by atoms with Gasteiger partial charge in [-0.1, -0.05) is 12.8 Å². The zero-order chi connectivity index (χ0) is 16.9. The van der Waals surface area contributed by atoms with Gasteiger partial charge in [0.1, 0.15) is 6.10 Å². The molecule has 0 aromatic carbocycles. The molecule has 134 valence electrons. The molecule has 1 aliphatic heterocycles. The fourth-order valence-electron chi connectivity index (χ4n) is 3.26. The van der Waals surface area contributed by atoms with Crippen LogP contribution in [0.4, 0.5) is 13.2 Å². The highest BCUT2D eigenvalue weighted by molar-refractivity contribution is 5.80. The van der Waals surface area contributed by atoms with Crippen molar-refractivity contribution in [3.05, 3.63) is 0 Å². The van der Waals surface area contributed by atoms with Crippen molar-refractivity contribution in [2.45, 2.75) is 76.3 Å². The molecule has 23 heavy (non-hydrogen) atoms. The molecule has 1 heterocycles. The van der Waals surface area contributed by atoms with Crippen molar-refractivity contribution in [2.24, 2.45) is 5.92 Å². The number of amides is 1. The quantitative estimate of drug-likeness (QED) is 0.838. The van der Waals surface area contributed by atoms with Crippen LogP contribution in [0, 0.1) is 5.92 Å². The van der Waals surface area contributed by atoms with Crippen LogP contribution in [0.3, 0.4) is 0 Å². The van der Waals surface area contributed by atoms with E-state index < -0.39 is 30.1 Å². The van der Waals surface area contributed by atoms with Crippen LogP contribution in [0.2, 0.25) is 0 Å². The van der Waals surface area contributed by atoms with Crippen molar-refractivity contribution in [3.8, 4) is 0 Å². The van der Waals surface area contributed by atoms with Gasteiger partial charge in [0, 0.05) is 12.6 Å². The molecule has 4 atom stereocenters. The molecular weight excluding hydrogens is 311 g/mol. The third-order valence-corrected chi connectivity index (χ3v) is 4.69. The lowest BCUT2D eigenvalue weighted by atomic mass is 9.84. The van der Waals surface area contributed by atoms with E-state index in [9.17, 15) is 18.0 Å². The van der Waals surface area contributed by atoms with Gasteiger partial charge < -0.3 is 14.8 Å². The molecule has 1 aliphatic carbocycles. The topological polar surface area (TPSA) is 47.6 Å². The molecular formula is C16H26F3NO3. The van der Waals surface area contributed by atoms with Gasteiger partial charge in [0.2, 0.25) is 5.91 Å². The van der Waals surface area contributed by atoms with Gasteiger partial charge in [0.15, 0.2) is 0 Å². The third kappa shape index (κ3) is 5.64. The first kappa shape index (κ1) is 18.5. The predicted molar refractivity (Wildman–Crippen MR) is 78.9 cm³/mol. The highest BCUT2D eigenvalue weighted by Gasteiger charge is 2.46. The Morgan fingerprint density at radius 3 is 2.57 bits per heavy atom. The van der Waals surface area contributed by atoms with E-state index >= 15 is 0 Å². The van der Waals surface area contributed by atoms with Crippen LogP contribution in [0.5, 0.6) is 0 Å². The second-order valence-electron chi connectivity index (χ2n) is 6.51. The number of carbonyl (C=O) groups is 1. The molecule has 2 rings (SSSR count). The van der Waals surface area contributed by atoms with E-state index in [0.29, 0.717) is 32.5 Å². The van der Waals surface area contributed by atoms with Crippen molar-refractivity contribution < 1.29 is 27.4 Å². The molecule has 1 N–H and O–H groups in total. The zero-order valence-corrected chi connectivity index (χ0v) is 13.5. The van der Waals surface area contributed by atoms with Crippen molar-refractivity contribution in [3.63, 3.8) is 0 Å². The van der Waals surface area contributed by atoms with Crippen molar-refractivity contribution >= 4 is 5.91 Å². The SMILES string of the molecule is C[C@H](OC[C@@H]1CCCCO1)C(=O)N[C@H]1CCCC[C@H]1C(F)(F)F. The molecule has 7 heteroatoms. The Labute approximate surface area is 135 Å². The Hall–Kier alpha value is -0.820. The largest absolute Gasteiger partial charge is 0.393 e. The number of hydrogen-bond acceptors (Lipinski definition) is 3. The molecule has 0 bridgehead atoms. The Morgan fingerprint density at radius 2 is 1.91 bits per heavy atom. The normalized spacial score (nSPS) is 30.7. The predicted octanol–water partition coefficient (Wildman–Crippen LogP) is 3.20. The molecule has 1 saturated carbocycles. The fourth-order valence-corrected chi connectivity index (χ4v) is 3.26. The molecule has 2 fully saturated rings. The van der Waals surface area contributed by atoms with Crippen LogP contribution in [-0.4, -0.2) is 43.5 Å². The first-order chi connectivity index (χ1) is 10.9. The summed E-state index contributed by atoms with van der Waals surface area (Å²) in [4.78, 5) is 12.1.